The van der Waals surface area contributed by atoms with Gasteiger partial charge < -0.3 is 15.7 Å². The highest BCUT2D eigenvalue weighted by molar-refractivity contribution is 7.98. The van der Waals surface area contributed by atoms with Crippen LogP contribution in [0.5, 0.6) is 0 Å². The van der Waals surface area contributed by atoms with Gasteiger partial charge in [0.2, 0.25) is 0 Å². The number of nitrogens with one attached hydrogen (secondary N) is 2. The van der Waals surface area contributed by atoms with Crippen LogP contribution in [0.15, 0.2) is 42.5 Å². The summed E-state index contributed by atoms with van der Waals surface area (Å²) >= 11 is 1.57. The maximum atomic E-state index is 13.3. The maximum absolute atomic E-state index is 13.3. The zero-order chi connectivity index (χ0) is 25.9. The van der Waals surface area contributed by atoms with Gasteiger partial charge in [-0.1, -0.05) is 69.4 Å². The van der Waals surface area contributed by atoms with Crippen LogP contribution in [-0.2, 0) is 11.3 Å². The summed E-state index contributed by atoms with van der Waals surface area (Å²) in [6.45, 7) is 5.04. The molecule has 0 radical (unpaired) electrons. The molecule has 0 spiro atoms. The van der Waals surface area contributed by atoms with Crippen LogP contribution in [0, 0.1) is 12.8 Å². The molecule has 1 aliphatic carbocycles. The molecule has 6 heteroatoms. The minimum atomic E-state index is -1.00. The molecular weight excluding hydrogens is 468 g/mol. The highest BCUT2D eigenvalue weighted by atomic mass is 32.2. The maximum Gasteiger partial charge on any atom is 0.326 e. The average Bonchev–Trinajstić information content (AvgIpc) is 2.89. The van der Waals surface area contributed by atoms with Crippen LogP contribution >= 0.6 is 11.8 Å². The Balaban J connectivity index is 1.81. The Morgan fingerprint density at radius 3 is 2.50 bits per heavy atom. The second-order valence-corrected chi connectivity index (χ2v) is 11.1. The fraction of sp³-hybridized carbons (Fsp3) is 0.533. The van der Waals surface area contributed by atoms with E-state index in [1.807, 2.05) is 49.6 Å². The Morgan fingerprint density at radius 2 is 1.83 bits per heavy atom. The van der Waals surface area contributed by atoms with E-state index >= 15 is 0 Å². The van der Waals surface area contributed by atoms with E-state index in [9.17, 15) is 14.7 Å². The summed E-state index contributed by atoms with van der Waals surface area (Å²) in [5, 5.41) is 16.1. The lowest BCUT2D eigenvalue weighted by Crippen LogP contribution is -2.41. The van der Waals surface area contributed by atoms with Gasteiger partial charge in [0.25, 0.3) is 5.91 Å². The molecule has 1 fully saturated rings. The number of carboxylic acids is 1. The normalized spacial score (nSPS) is 15.9. The monoisotopic (exact) mass is 510 g/mol. The van der Waals surface area contributed by atoms with E-state index in [4.69, 9.17) is 0 Å². The predicted molar refractivity (Wildman–Crippen MR) is 151 cm³/mol. The van der Waals surface area contributed by atoms with Gasteiger partial charge in [0.1, 0.15) is 6.04 Å². The molecule has 1 saturated carbocycles. The van der Waals surface area contributed by atoms with Crippen LogP contribution in [0.25, 0.3) is 11.1 Å². The molecule has 36 heavy (non-hydrogen) atoms. The van der Waals surface area contributed by atoms with Crippen molar-refractivity contribution < 1.29 is 14.7 Å². The van der Waals surface area contributed by atoms with Gasteiger partial charge in [0.15, 0.2) is 0 Å². The topological polar surface area (TPSA) is 78.4 Å². The average molecular weight is 511 g/mol. The van der Waals surface area contributed by atoms with Crippen molar-refractivity contribution in [1.29, 1.82) is 0 Å². The highest BCUT2D eigenvalue weighted by Crippen LogP contribution is 2.30. The Kier molecular flexibility index (Phi) is 11.3. The zero-order valence-corrected chi connectivity index (χ0v) is 22.8. The van der Waals surface area contributed by atoms with Gasteiger partial charge in [0.05, 0.1) is 0 Å². The molecule has 0 saturated heterocycles. The summed E-state index contributed by atoms with van der Waals surface area (Å²) in [7, 11) is 0. The van der Waals surface area contributed by atoms with Crippen molar-refractivity contribution in [3.05, 3.63) is 59.2 Å². The molecule has 0 aromatic heterocycles. The first-order valence-corrected chi connectivity index (χ1v) is 14.8. The van der Waals surface area contributed by atoms with Crippen molar-refractivity contribution in [2.75, 3.05) is 12.0 Å². The Bertz CT molecular complexity index is 1000. The number of benzene rings is 2. The number of amides is 1. The van der Waals surface area contributed by atoms with Gasteiger partial charge in [-0.2, -0.15) is 11.8 Å². The van der Waals surface area contributed by atoms with Gasteiger partial charge >= 0.3 is 5.97 Å². The minimum absolute atomic E-state index is 0.343. The van der Waals surface area contributed by atoms with Crippen molar-refractivity contribution in [2.45, 2.75) is 83.8 Å². The van der Waals surface area contributed by atoms with E-state index in [1.54, 1.807) is 11.8 Å². The quantitative estimate of drug-likeness (QED) is 0.289. The molecule has 0 heterocycles. The molecule has 196 valence electrons. The number of carbonyl (C=O) groups excluding carboxylic acids is 1. The van der Waals surface area contributed by atoms with E-state index in [0.29, 0.717) is 23.8 Å². The lowest BCUT2D eigenvalue weighted by molar-refractivity contribution is -0.139. The van der Waals surface area contributed by atoms with Crippen molar-refractivity contribution in [1.82, 2.24) is 10.6 Å². The third-order valence-corrected chi connectivity index (χ3v) is 8.05. The SMILES string of the molecule is CCC(CC1CCCCC1)NCc1ccc(C(=O)NC(CCSC)C(=O)O)c(-c2ccccc2C)c1. The standard InChI is InChI=1S/C30H42N2O3S/c1-4-24(18-22-11-6-5-7-12-22)31-20-23-14-15-26(27(19-23)25-13-9-8-10-21(25)2)29(33)32-28(30(34)35)16-17-36-3/h8-10,13-15,19,22,24,28,31H,4-7,11-12,16-18,20H2,1-3H3,(H,32,33)(H,34,35). The molecule has 0 aliphatic heterocycles. The molecule has 1 amide bonds. The van der Waals surface area contributed by atoms with E-state index in [2.05, 4.69) is 23.6 Å². The predicted octanol–water partition coefficient (Wildman–Crippen LogP) is 6.44. The lowest BCUT2D eigenvalue weighted by Gasteiger charge is -2.27. The molecule has 2 aromatic rings. The van der Waals surface area contributed by atoms with Crippen LogP contribution in [-0.4, -0.2) is 41.1 Å². The van der Waals surface area contributed by atoms with E-state index in [1.165, 1.54) is 38.5 Å². The molecular formula is C30H42N2O3S. The molecule has 1 aliphatic rings. The van der Waals surface area contributed by atoms with Gasteiger partial charge in [-0.05, 0) is 78.5 Å². The second-order valence-electron chi connectivity index (χ2n) is 10.1. The summed E-state index contributed by atoms with van der Waals surface area (Å²) in [6, 6.07) is 13.6. The summed E-state index contributed by atoms with van der Waals surface area (Å²) in [5.74, 6) is 0.161. The number of hydrogen-bond donors (Lipinski definition) is 3. The Hall–Kier alpha value is -2.31. The summed E-state index contributed by atoms with van der Waals surface area (Å²) in [4.78, 5) is 25.0. The summed E-state index contributed by atoms with van der Waals surface area (Å²) in [6.07, 6.45) is 11.5. The fourth-order valence-electron chi connectivity index (χ4n) is 5.21. The minimum Gasteiger partial charge on any atom is -0.480 e. The molecule has 2 aromatic carbocycles. The third-order valence-electron chi connectivity index (χ3n) is 7.41. The van der Waals surface area contributed by atoms with Crippen molar-refractivity contribution in [3.63, 3.8) is 0 Å². The smallest absolute Gasteiger partial charge is 0.326 e. The van der Waals surface area contributed by atoms with E-state index in [0.717, 1.165) is 41.1 Å². The van der Waals surface area contributed by atoms with Gasteiger partial charge in [-0.15, -0.1) is 0 Å². The van der Waals surface area contributed by atoms with Crippen LogP contribution in [0.4, 0.5) is 0 Å². The Morgan fingerprint density at radius 1 is 1.08 bits per heavy atom. The Labute approximate surface area is 220 Å². The van der Waals surface area contributed by atoms with Gasteiger partial charge in [0, 0.05) is 18.2 Å². The molecule has 5 nitrogen and oxygen atoms in total. The van der Waals surface area contributed by atoms with E-state index in [-0.39, 0.29) is 5.91 Å². The van der Waals surface area contributed by atoms with E-state index < -0.39 is 12.0 Å². The first-order valence-electron chi connectivity index (χ1n) is 13.4. The summed E-state index contributed by atoms with van der Waals surface area (Å²) in [5.41, 5.74) is 4.56. The number of hydrogen-bond acceptors (Lipinski definition) is 4. The number of thioether (sulfide) groups is 1. The number of carboxylic acid groups (broad SMARTS) is 1. The van der Waals surface area contributed by atoms with Crippen molar-refractivity contribution in [3.8, 4) is 11.1 Å². The van der Waals surface area contributed by atoms with Crippen LogP contribution in [0.3, 0.4) is 0 Å². The highest BCUT2D eigenvalue weighted by Gasteiger charge is 2.23. The lowest BCUT2D eigenvalue weighted by atomic mass is 9.84. The van der Waals surface area contributed by atoms with Gasteiger partial charge in [-0.3, -0.25) is 4.79 Å². The second kappa shape index (κ2) is 14.4. The third kappa shape index (κ3) is 8.10. The van der Waals surface area contributed by atoms with Crippen molar-refractivity contribution >= 4 is 23.6 Å². The molecule has 2 unspecified atom stereocenters. The molecule has 2 atom stereocenters. The van der Waals surface area contributed by atoms with Crippen LogP contribution < -0.4 is 10.6 Å². The first-order chi connectivity index (χ1) is 17.4. The number of carbonyl (C=O) groups is 2. The summed E-state index contributed by atoms with van der Waals surface area (Å²) < 4.78 is 0. The van der Waals surface area contributed by atoms with Crippen LogP contribution in [0.1, 0.15) is 79.8 Å². The number of aliphatic carboxylic acids is 1. The van der Waals surface area contributed by atoms with Crippen molar-refractivity contribution in [2.24, 2.45) is 5.92 Å². The molecule has 0 bridgehead atoms. The van der Waals surface area contributed by atoms with Gasteiger partial charge in [-0.25, -0.2) is 4.79 Å². The van der Waals surface area contributed by atoms with Crippen LogP contribution in [0.2, 0.25) is 0 Å². The number of rotatable bonds is 13. The largest absolute Gasteiger partial charge is 0.480 e. The first kappa shape index (κ1) is 28.3. The zero-order valence-electron chi connectivity index (χ0n) is 22.0. The fourth-order valence-corrected chi connectivity index (χ4v) is 5.68. The molecule has 3 rings (SSSR count). The number of aryl methyl sites for hydroxylation is 1. The molecule has 3 N–H and O–H groups in total.